The van der Waals surface area contributed by atoms with Gasteiger partial charge >= 0.3 is 0 Å². The number of carbonyl (C=O) groups excluding carboxylic acids is 2. The lowest BCUT2D eigenvalue weighted by atomic mass is 10.1. The topological polar surface area (TPSA) is 71.1 Å². The molecule has 1 aromatic carbocycles. The first-order chi connectivity index (χ1) is 11.0. The summed E-state index contributed by atoms with van der Waals surface area (Å²) < 4.78 is 0. The van der Waals surface area contributed by atoms with E-state index in [1.165, 1.54) is 12.3 Å². The average molecular weight is 311 g/mol. The first-order valence-electron chi connectivity index (χ1n) is 7.67. The predicted octanol–water partition coefficient (Wildman–Crippen LogP) is 3.03. The molecule has 2 aromatic rings. The van der Waals surface area contributed by atoms with E-state index < -0.39 is 0 Å². The molecule has 5 heteroatoms. The molecule has 0 aliphatic heterocycles. The van der Waals surface area contributed by atoms with Crippen molar-refractivity contribution in [1.82, 2.24) is 10.3 Å². The van der Waals surface area contributed by atoms with Crippen LogP contribution < -0.4 is 10.6 Å². The van der Waals surface area contributed by atoms with Crippen LogP contribution in [0, 0.1) is 0 Å². The number of aromatic nitrogens is 1. The maximum atomic E-state index is 12.4. The first-order valence-corrected chi connectivity index (χ1v) is 7.67. The highest BCUT2D eigenvalue weighted by Gasteiger charge is 2.13. The molecule has 2 N–H and O–H groups in total. The van der Waals surface area contributed by atoms with E-state index in [4.69, 9.17) is 0 Å². The number of nitrogens with zero attached hydrogens (tertiary/aromatic N) is 1. The zero-order valence-electron chi connectivity index (χ0n) is 13.6. The van der Waals surface area contributed by atoms with Gasteiger partial charge in [-0.3, -0.25) is 14.6 Å². The van der Waals surface area contributed by atoms with Gasteiger partial charge in [0, 0.05) is 23.5 Å². The SMILES string of the molecule is CCc1ccccc1NC(=O)c1cc(C(=O)NC(C)C)ccn1. The zero-order chi connectivity index (χ0) is 16.8. The van der Waals surface area contributed by atoms with E-state index in [1.54, 1.807) is 6.07 Å². The average Bonchev–Trinajstić information content (AvgIpc) is 2.55. The highest BCUT2D eigenvalue weighted by molar-refractivity contribution is 6.05. The number of carbonyl (C=O) groups is 2. The number of benzene rings is 1. The van der Waals surface area contributed by atoms with Crippen LogP contribution >= 0.6 is 0 Å². The fourth-order valence-corrected chi connectivity index (χ4v) is 2.18. The summed E-state index contributed by atoms with van der Waals surface area (Å²) in [6.45, 7) is 5.79. The van der Waals surface area contributed by atoms with Crippen LogP contribution in [0.25, 0.3) is 0 Å². The second-order valence-electron chi connectivity index (χ2n) is 5.52. The Bertz CT molecular complexity index is 711. The van der Waals surface area contributed by atoms with E-state index in [-0.39, 0.29) is 23.6 Å². The molecule has 0 saturated heterocycles. The van der Waals surface area contributed by atoms with Crippen molar-refractivity contribution in [2.45, 2.75) is 33.2 Å². The monoisotopic (exact) mass is 311 g/mol. The number of para-hydroxylation sites is 1. The molecule has 5 nitrogen and oxygen atoms in total. The molecule has 0 atom stereocenters. The smallest absolute Gasteiger partial charge is 0.274 e. The Labute approximate surface area is 136 Å². The molecule has 0 aliphatic carbocycles. The quantitative estimate of drug-likeness (QED) is 0.891. The van der Waals surface area contributed by atoms with Gasteiger partial charge in [0.15, 0.2) is 0 Å². The van der Waals surface area contributed by atoms with Gasteiger partial charge in [-0.05, 0) is 44.0 Å². The third kappa shape index (κ3) is 4.39. The molecule has 2 rings (SSSR count). The van der Waals surface area contributed by atoms with Crippen LogP contribution in [0.3, 0.4) is 0 Å². The van der Waals surface area contributed by atoms with Gasteiger partial charge in [-0.15, -0.1) is 0 Å². The summed E-state index contributed by atoms with van der Waals surface area (Å²) in [5.41, 5.74) is 2.45. The second kappa shape index (κ2) is 7.54. The summed E-state index contributed by atoms with van der Waals surface area (Å²) in [4.78, 5) is 28.5. The van der Waals surface area contributed by atoms with Crippen molar-refractivity contribution in [2.75, 3.05) is 5.32 Å². The van der Waals surface area contributed by atoms with E-state index in [0.717, 1.165) is 17.7 Å². The minimum atomic E-state index is -0.329. The highest BCUT2D eigenvalue weighted by Crippen LogP contribution is 2.16. The van der Waals surface area contributed by atoms with Crippen molar-refractivity contribution in [3.05, 3.63) is 59.4 Å². The fraction of sp³-hybridized carbons (Fsp3) is 0.278. The number of anilines is 1. The summed E-state index contributed by atoms with van der Waals surface area (Å²) in [6, 6.07) is 10.8. The number of pyridine rings is 1. The number of hydrogen-bond donors (Lipinski definition) is 2. The van der Waals surface area contributed by atoms with Crippen LogP contribution in [0.4, 0.5) is 5.69 Å². The molecule has 0 aliphatic rings. The maximum Gasteiger partial charge on any atom is 0.274 e. The number of rotatable bonds is 5. The second-order valence-corrected chi connectivity index (χ2v) is 5.52. The van der Waals surface area contributed by atoms with Crippen molar-refractivity contribution in [3.8, 4) is 0 Å². The number of nitrogens with one attached hydrogen (secondary N) is 2. The lowest BCUT2D eigenvalue weighted by Crippen LogP contribution is -2.30. The fourth-order valence-electron chi connectivity index (χ4n) is 2.18. The van der Waals surface area contributed by atoms with Gasteiger partial charge in [-0.2, -0.15) is 0 Å². The molecule has 0 spiro atoms. The molecule has 0 radical (unpaired) electrons. The molecule has 1 heterocycles. The minimum absolute atomic E-state index is 0.0318. The normalized spacial score (nSPS) is 10.4. The van der Waals surface area contributed by atoms with Gasteiger partial charge in [-0.25, -0.2) is 0 Å². The van der Waals surface area contributed by atoms with Crippen LogP contribution in [0.1, 0.15) is 47.2 Å². The van der Waals surface area contributed by atoms with Crippen molar-refractivity contribution in [3.63, 3.8) is 0 Å². The van der Waals surface area contributed by atoms with Crippen LogP contribution in [0.15, 0.2) is 42.6 Å². The molecule has 1 aromatic heterocycles. The van der Waals surface area contributed by atoms with Gasteiger partial charge in [0.05, 0.1) is 0 Å². The molecule has 0 fully saturated rings. The molecule has 23 heavy (non-hydrogen) atoms. The first kappa shape index (κ1) is 16.7. The Morgan fingerprint density at radius 3 is 2.57 bits per heavy atom. The summed E-state index contributed by atoms with van der Waals surface area (Å²) in [6.07, 6.45) is 2.29. The van der Waals surface area contributed by atoms with E-state index in [9.17, 15) is 9.59 Å². The van der Waals surface area contributed by atoms with Gasteiger partial charge < -0.3 is 10.6 Å². The molecule has 2 amide bonds. The van der Waals surface area contributed by atoms with Crippen LogP contribution in [-0.2, 0) is 6.42 Å². The van der Waals surface area contributed by atoms with Crippen LogP contribution in [-0.4, -0.2) is 22.8 Å². The molecule has 0 unspecified atom stereocenters. The minimum Gasteiger partial charge on any atom is -0.350 e. The zero-order valence-corrected chi connectivity index (χ0v) is 13.6. The standard InChI is InChI=1S/C18H21N3O2/c1-4-13-7-5-6-8-15(13)21-18(23)16-11-14(9-10-19-16)17(22)20-12(2)3/h5-12H,4H2,1-3H3,(H,20,22)(H,21,23). The summed E-state index contributed by atoms with van der Waals surface area (Å²) in [5, 5.41) is 5.65. The van der Waals surface area contributed by atoms with Crippen molar-refractivity contribution in [2.24, 2.45) is 0 Å². The highest BCUT2D eigenvalue weighted by atomic mass is 16.2. The third-order valence-electron chi connectivity index (χ3n) is 3.32. The molecular weight excluding hydrogens is 290 g/mol. The Hall–Kier alpha value is -2.69. The van der Waals surface area contributed by atoms with Gasteiger partial charge in [0.1, 0.15) is 5.69 Å². The van der Waals surface area contributed by atoms with E-state index >= 15 is 0 Å². The van der Waals surface area contributed by atoms with Crippen LogP contribution in [0.5, 0.6) is 0 Å². The summed E-state index contributed by atoms with van der Waals surface area (Å²) in [5.74, 6) is -0.546. The number of hydrogen-bond acceptors (Lipinski definition) is 3. The van der Waals surface area contributed by atoms with E-state index in [1.807, 2.05) is 45.0 Å². The van der Waals surface area contributed by atoms with Crippen molar-refractivity contribution < 1.29 is 9.59 Å². The van der Waals surface area contributed by atoms with E-state index in [2.05, 4.69) is 15.6 Å². The van der Waals surface area contributed by atoms with Crippen LogP contribution in [0.2, 0.25) is 0 Å². The largest absolute Gasteiger partial charge is 0.350 e. The lowest BCUT2D eigenvalue weighted by molar-refractivity contribution is 0.0943. The molecule has 120 valence electrons. The Morgan fingerprint density at radius 2 is 1.87 bits per heavy atom. The Balaban J connectivity index is 2.18. The third-order valence-corrected chi connectivity index (χ3v) is 3.32. The lowest BCUT2D eigenvalue weighted by Gasteiger charge is -2.11. The van der Waals surface area contributed by atoms with Gasteiger partial charge in [0.25, 0.3) is 11.8 Å². The maximum absolute atomic E-state index is 12.4. The van der Waals surface area contributed by atoms with Crippen molar-refractivity contribution in [1.29, 1.82) is 0 Å². The van der Waals surface area contributed by atoms with E-state index in [0.29, 0.717) is 5.56 Å². The predicted molar refractivity (Wildman–Crippen MR) is 90.6 cm³/mol. The Morgan fingerprint density at radius 1 is 1.13 bits per heavy atom. The number of aryl methyl sites for hydroxylation is 1. The summed E-state index contributed by atoms with van der Waals surface area (Å²) >= 11 is 0. The van der Waals surface area contributed by atoms with Gasteiger partial charge in [-0.1, -0.05) is 25.1 Å². The summed E-state index contributed by atoms with van der Waals surface area (Å²) in [7, 11) is 0. The van der Waals surface area contributed by atoms with Gasteiger partial charge in [0.2, 0.25) is 0 Å². The molecular formula is C18H21N3O2. The molecule has 0 saturated carbocycles. The molecule has 0 bridgehead atoms. The Kier molecular flexibility index (Phi) is 5.46. The van der Waals surface area contributed by atoms with Crippen molar-refractivity contribution >= 4 is 17.5 Å². The number of amides is 2.